The minimum absolute atomic E-state index is 0.242. The van der Waals surface area contributed by atoms with Crippen LogP contribution in [0.15, 0.2) is 42.7 Å². The van der Waals surface area contributed by atoms with Gasteiger partial charge in [-0.05, 0) is 48.9 Å². The molecule has 1 N–H and O–H groups in total. The van der Waals surface area contributed by atoms with Gasteiger partial charge in [0.2, 0.25) is 0 Å². The summed E-state index contributed by atoms with van der Waals surface area (Å²) in [6, 6.07) is 10.8. The summed E-state index contributed by atoms with van der Waals surface area (Å²) in [6.07, 6.45) is 3.68. The van der Waals surface area contributed by atoms with Gasteiger partial charge in [-0.1, -0.05) is 19.1 Å². The van der Waals surface area contributed by atoms with Crippen molar-refractivity contribution < 1.29 is 4.74 Å². The summed E-state index contributed by atoms with van der Waals surface area (Å²) in [5, 5.41) is 3.41. The third-order valence-corrected chi connectivity index (χ3v) is 3.83. The van der Waals surface area contributed by atoms with E-state index >= 15 is 0 Å². The van der Waals surface area contributed by atoms with Crippen molar-refractivity contribution in [3.8, 4) is 5.75 Å². The number of likely N-dealkylation sites (N-methyl/N-ethyl adjacent to an activating group) is 1. The third kappa shape index (κ3) is 2.99. The molecule has 0 aliphatic carbocycles. The SMILES string of the molecule is CNC(c1ccc(C)c(OC)c1)C(C)c1ccncc1. The van der Waals surface area contributed by atoms with Crippen LogP contribution in [0.1, 0.15) is 35.6 Å². The molecule has 20 heavy (non-hydrogen) atoms. The van der Waals surface area contributed by atoms with E-state index in [9.17, 15) is 0 Å². The predicted octanol–water partition coefficient (Wildman–Crippen LogP) is 3.46. The van der Waals surface area contributed by atoms with Gasteiger partial charge in [0, 0.05) is 24.4 Å². The number of rotatable bonds is 5. The Kier molecular flexibility index (Phi) is 4.74. The van der Waals surface area contributed by atoms with Gasteiger partial charge in [0.15, 0.2) is 0 Å². The number of aryl methyl sites for hydroxylation is 1. The lowest BCUT2D eigenvalue weighted by molar-refractivity contribution is 0.409. The Balaban J connectivity index is 2.32. The average Bonchev–Trinajstić information content (AvgIpc) is 2.50. The summed E-state index contributed by atoms with van der Waals surface area (Å²) in [7, 11) is 3.71. The molecule has 0 saturated carbocycles. The van der Waals surface area contributed by atoms with Gasteiger partial charge in [0.05, 0.1) is 7.11 Å². The van der Waals surface area contributed by atoms with Crippen LogP contribution in [0.3, 0.4) is 0 Å². The molecule has 0 saturated heterocycles. The van der Waals surface area contributed by atoms with Crippen LogP contribution < -0.4 is 10.1 Å². The molecule has 1 aromatic carbocycles. The summed E-state index contributed by atoms with van der Waals surface area (Å²) < 4.78 is 5.43. The van der Waals surface area contributed by atoms with Crippen LogP contribution >= 0.6 is 0 Å². The molecule has 106 valence electrons. The average molecular weight is 270 g/mol. The van der Waals surface area contributed by atoms with Crippen molar-refractivity contribution in [1.29, 1.82) is 0 Å². The predicted molar refractivity (Wildman–Crippen MR) is 82.2 cm³/mol. The van der Waals surface area contributed by atoms with E-state index in [2.05, 4.69) is 54.5 Å². The maximum absolute atomic E-state index is 5.43. The molecule has 0 fully saturated rings. The van der Waals surface area contributed by atoms with Gasteiger partial charge in [0.1, 0.15) is 5.75 Å². The fraction of sp³-hybridized carbons (Fsp3) is 0.353. The molecule has 2 atom stereocenters. The number of methoxy groups -OCH3 is 1. The van der Waals surface area contributed by atoms with E-state index in [-0.39, 0.29) is 6.04 Å². The Morgan fingerprint density at radius 1 is 1.10 bits per heavy atom. The van der Waals surface area contributed by atoms with Gasteiger partial charge in [-0.25, -0.2) is 0 Å². The van der Waals surface area contributed by atoms with Crippen molar-refractivity contribution in [2.45, 2.75) is 25.8 Å². The van der Waals surface area contributed by atoms with Gasteiger partial charge in [-0.3, -0.25) is 4.98 Å². The normalized spacial score (nSPS) is 13.8. The fourth-order valence-corrected chi connectivity index (χ4v) is 2.59. The lowest BCUT2D eigenvalue weighted by Crippen LogP contribution is -2.22. The standard InChI is InChI=1S/C17H22N2O/c1-12-5-6-15(11-16(12)20-4)17(18-3)13(2)14-7-9-19-10-8-14/h5-11,13,17-18H,1-4H3. The quantitative estimate of drug-likeness (QED) is 0.903. The van der Waals surface area contributed by atoms with Crippen molar-refractivity contribution in [3.05, 3.63) is 59.4 Å². The lowest BCUT2D eigenvalue weighted by Gasteiger charge is -2.25. The summed E-state index contributed by atoms with van der Waals surface area (Å²) in [5.74, 6) is 1.29. The highest BCUT2D eigenvalue weighted by Crippen LogP contribution is 2.32. The molecule has 0 bridgehead atoms. The first-order chi connectivity index (χ1) is 9.67. The van der Waals surface area contributed by atoms with Crippen molar-refractivity contribution >= 4 is 0 Å². The Bertz CT molecular complexity index is 554. The van der Waals surface area contributed by atoms with Gasteiger partial charge in [-0.15, -0.1) is 0 Å². The minimum atomic E-state index is 0.242. The molecule has 0 spiro atoms. The van der Waals surface area contributed by atoms with Crippen molar-refractivity contribution in [3.63, 3.8) is 0 Å². The molecule has 2 unspecified atom stereocenters. The van der Waals surface area contributed by atoms with Gasteiger partial charge >= 0.3 is 0 Å². The number of aromatic nitrogens is 1. The molecule has 0 amide bonds. The zero-order valence-electron chi connectivity index (χ0n) is 12.6. The largest absolute Gasteiger partial charge is 0.496 e. The summed E-state index contributed by atoms with van der Waals surface area (Å²) in [4.78, 5) is 4.08. The second kappa shape index (κ2) is 6.53. The Labute approximate surface area is 121 Å². The van der Waals surface area contributed by atoms with Crippen LogP contribution in [0, 0.1) is 6.92 Å². The highest BCUT2D eigenvalue weighted by atomic mass is 16.5. The monoisotopic (exact) mass is 270 g/mol. The zero-order chi connectivity index (χ0) is 14.5. The maximum Gasteiger partial charge on any atom is 0.122 e. The van der Waals surface area contributed by atoms with Gasteiger partial charge in [-0.2, -0.15) is 0 Å². The molecule has 0 aliphatic rings. The molecule has 1 heterocycles. The molecule has 2 rings (SSSR count). The van der Waals surface area contributed by atoms with Crippen molar-refractivity contribution in [2.75, 3.05) is 14.2 Å². The summed E-state index contributed by atoms with van der Waals surface area (Å²) in [6.45, 7) is 4.28. The van der Waals surface area contributed by atoms with E-state index in [0.29, 0.717) is 5.92 Å². The van der Waals surface area contributed by atoms with E-state index in [1.165, 1.54) is 11.1 Å². The van der Waals surface area contributed by atoms with Gasteiger partial charge < -0.3 is 10.1 Å². The van der Waals surface area contributed by atoms with E-state index < -0.39 is 0 Å². The van der Waals surface area contributed by atoms with Crippen LogP contribution in [0.2, 0.25) is 0 Å². The van der Waals surface area contributed by atoms with Crippen LogP contribution in [-0.4, -0.2) is 19.1 Å². The lowest BCUT2D eigenvalue weighted by atomic mass is 9.88. The molecule has 1 aromatic heterocycles. The van der Waals surface area contributed by atoms with Gasteiger partial charge in [0.25, 0.3) is 0 Å². The first kappa shape index (κ1) is 14.5. The first-order valence-electron chi connectivity index (χ1n) is 6.89. The topological polar surface area (TPSA) is 34.1 Å². The highest BCUT2D eigenvalue weighted by Gasteiger charge is 2.20. The number of nitrogens with zero attached hydrogens (tertiary/aromatic N) is 1. The molecule has 2 aromatic rings. The Hall–Kier alpha value is -1.87. The van der Waals surface area contributed by atoms with E-state index in [4.69, 9.17) is 4.74 Å². The maximum atomic E-state index is 5.43. The van der Waals surface area contributed by atoms with Crippen molar-refractivity contribution in [2.24, 2.45) is 0 Å². The highest BCUT2D eigenvalue weighted by molar-refractivity contribution is 5.39. The number of pyridine rings is 1. The summed E-state index contributed by atoms with van der Waals surface area (Å²) in [5.41, 5.74) is 3.67. The third-order valence-electron chi connectivity index (χ3n) is 3.83. The van der Waals surface area contributed by atoms with E-state index in [0.717, 1.165) is 11.3 Å². The minimum Gasteiger partial charge on any atom is -0.496 e. The van der Waals surface area contributed by atoms with Crippen LogP contribution in [0.25, 0.3) is 0 Å². The molecular formula is C17H22N2O. The number of hydrogen-bond acceptors (Lipinski definition) is 3. The molecule has 0 aliphatic heterocycles. The van der Waals surface area contributed by atoms with Crippen LogP contribution in [-0.2, 0) is 0 Å². The Morgan fingerprint density at radius 3 is 2.40 bits per heavy atom. The second-order valence-electron chi connectivity index (χ2n) is 5.06. The first-order valence-corrected chi connectivity index (χ1v) is 6.89. The van der Waals surface area contributed by atoms with Crippen LogP contribution in [0.5, 0.6) is 5.75 Å². The molecule has 3 nitrogen and oxygen atoms in total. The zero-order valence-corrected chi connectivity index (χ0v) is 12.6. The molecule has 0 radical (unpaired) electrons. The second-order valence-corrected chi connectivity index (χ2v) is 5.06. The Morgan fingerprint density at radius 2 is 1.80 bits per heavy atom. The van der Waals surface area contributed by atoms with E-state index in [1.54, 1.807) is 7.11 Å². The molecule has 3 heteroatoms. The molecular weight excluding hydrogens is 248 g/mol. The number of nitrogens with one attached hydrogen (secondary N) is 1. The smallest absolute Gasteiger partial charge is 0.122 e. The fourth-order valence-electron chi connectivity index (χ4n) is 2.59. The summed E-state index contributed by atoms with van der Waals surface area (Å²) >= 11 is 0. The van der Waals surface area contributed by atoms with Crippen molar-refractivity contribution in [1.82, 2.24) is 10.3 Å². The number of hydrogen-bond donors (Lipinski definition) is 1. The number of benzene rings is 1. The van der Waals surface area contributed by atoms with Crippen LogP contribution in [0.4, 0.5) is 0 Å². The number of ether oxygens (including phenoxy) is 1. The van der Waals surface area contributed by atoms with E-state index in [1.807, 2.05) is 19.4 Å².